The summed E-state index contributed by atoms with van der Waals surface area (Å²) in [7, 11) is 0. The summed E-state index contributed by atoms with van der Waals surface area (Å²) in [5, 5.41) is 11.7. The number of carbonyl (C=O) groups is 2. The fourth-order valence-corrected chi connectivity index (χ4v) is 4.17. The number of fused-ring (bicyclic) bond motifs is 1. The zero-order chi connectivity index (χ0) is 21.5. The zero-order valence-electron chi connectivity index (χ0n) is 16.3. The lowest BCUT2D eigenvalue weighted by Crippen LogP contribution is -2.29. The molecule has 1 N–H and O–H groups in total. The molecule has 0 radical (unpaired) electrons. The predicted octanol–water partition coefficient (Wildman–Crippen LogP) is 4.30. The quantitative estimate of drug-likeness (QED) is 0.379. The van der Waals surface area contributed by atoms with Gasteiger partial charge >= 0.3 is 0 Å². The van der Waals surface area contributed by atoms with Gasteiger partial charge in [0.2, 0.25) is 0 Å². The number of nitrogens with zero attached hydrogens (tertiary/aromatic N) is 2. The van der Waals surface area contributed by atoms with E-state index in [-0.39, 0.29) is 11.3 Å². The standard InChI is InChI=1S/C24H17ClN2O4/c25-17-4-6-18(7-5-17)27-21(16-2-1-10-26-13-16)20(23(29)24(27)30)22(28)15-3-8-19-14(12-15)9-11-31-19/h1-8,10,12-13,21,28H,9,11H2/b22-20-. The number of aliphatic hydroxyl groups excluding tert-OH is 1. The van der Waals surface area contributed by atoms with Crippen LogP contribution in [0.3, 0.4) is 0 Å². The number of rotatable bonds is 3. The lowest BCUT2D eigenvalue weighted by Gasteiger charge is -2.25. The average Bonchev–Trinajstić information content (AvgIpc) is 3.37. The Labute approximate surface area is 183 Å². The summed E-state index contributed by atoms with van der Waals surface area (Å²) in [6, 6.07) is 14.6. The molecule has 1 fully saturated rings. The van der Waals surface area contributed by atoms with E-state index in [4.69, 9.17) is 16.3 Å². The van der Waals surface area contributed by atoms with Crippen LogP contribution < -0.4 is 9.64 Å². The van der Waals surface area contributed by atoms with E-state index in [1.54, 1.807) is 67.0 Å². The highest BCUT2D eigenvalue weighted by molar-refractivity contribution is 6.51. The van der Waals surface area contributed by atoms with Crippen LogP contribution in [-0.4, -0.2) is 28.4 Å². The summed E-state index contributed by atoms with van der Waals surface area (Å²) in [5.74, 6) is -0.930. The molecule has 3 heterocycles. The molecule has 0 spiro atoms. The first kappa shape index (κ1) is 19.3. The third-order valence-corrected chi connectivity index (χ3v) is 5.76. The number of aromatic nitrogens is 1. The van der Waals surface area contributed by atoms with E-state index < -0.39 is 17.7 Å². The molecular formula is C24H17ClN2O4. The molecule has 1 atom stereocenters. The van der Waals surface area contributed by atoms with E-state index >= 15 is 0 Å². The highest BCUT2D eigenvalue weighted by Gasteiger charge is 2.47. The Morgan fingerprint density at radius 3 is 2.68 bits per heavy atom. The van der Waals surface area contributed by atoms with E-state index in [0.717, 1.165) is 17.7 Å². The number of hydrogen-bond donors (Lipinski definition) is 1. The molecular weight excluding hydrogens is 416 g/mol. The molecule has 1 aromatic heterocycles. The van der Waals surface area contributed by atoms with Crippen molar-refractivity contribution in [3.8, 4) is 5.75 Å². The number of carbonyl (C=O) groups excluding carboxylic acids is 2. The highest BCUT2D eigenvalue weighted by Crippen LogP contribution is 2.42. The van der Waals surface area contributed by atoms with Gasteiger partial charge in [-0.1, -0.05) is 17.7 Å². The average molecular weight is 433 g/mol. The van der Waals surface area contributed by atoms with Gasteiger partial charge in [-0.3, -0.25) is 19.5 Å². The van der Waals surface area contributed by atoms with Gasteiger partial charge in [0.1, 0.15) is 11.5 Å². The predicted molar refractivity (Wildman–Crippen MR) is 116 cm³/mol. The van der Waals surface area contributed by atoms with Gasteiger partial charge in [0.25, 0.3) is 11.7 Å². The van der Waals surface area contributed by atoms with E-state index in [1.165, 1.54) is 4.90 Å². The fourth-order valence-electron chi connectivity index (χ4n) is 4.04. The molecule has 7 heteroatoms. The number of ketones is 1. The van der Waals surface area contributed by atoms with Gasteiger partial charge in [0.05, 0.1) is 18.2 Å². The van der Waals surface area contributed by atoms with Gasteiger partial charge in [-0.25, -0.2) is 0 Å². The molecule has 1 amide bonds. The topological polar surface area (TPSA) is 79.7 Å². The Hall–Kier alpha value is -3.64. The second kappa shape index (κ2) is 7.56. The van der Waals surface area contributed by atoms with E-state index in [1.807, 2.05) is 0 Å². The molecule has 0 bridgehead atoms. The van der Waals surface area contributed by atoms with Crippen LogP contribution in [0.4, 0.5) is 5.69 Å². The molecule has 31 heavy (non-hydrogen) atoms. The molecule has 2 aliphatic rings. The molecule has 0 saturated carbocycles. The third kappa shape index (κ3) is 3.25. The van der Waals surface area contributed by atoms with Crippen molar-refractivity contribution in [1.82, 2.24) is 4.98 Å². The summed E-state index contributed by atoms with van der Waals surface area (Å²) < 4.78 is 5.53. The van der Waals surface area contributed by atoms with Crippen LogP contribution in [0.15, 0.2) is 72.6 Å². The van der Waals surface area contributed by atoms with Crippen LogP contribution >= 0.6 is 11.6 Å². The Kier molecular flexibility index (Phi) is 4.71. The fraction of sp³-hybridized carbons (Fsp3) is 0.125. The van der Waals surface area contributed by atoms with Crippen molar-refractivity contribution < 1.29 is 19.4 Å². The summed E-state index contributed by atoms with van der Waals surface area (Å²) >= 11 is 6.00. The number of amides is 1. The Balaban J connectivity index is 1.69. The molecule has 5 rings (SSSR count). The normalized spacial score (nSPS) is 19.4. The molecule has 2 aromatic carbocycles. The Bertz CT molecular complexity index is 1220. The van der Waals surface area contributed by atoms with Crippen molar-refractivity contribution in [1.29, 1.82) is 0 Å². The van der Waals surface area contributed by atoms with Crippen molar-refractivity contribution in [2.24, 2.45) is 0 Å². The number of halogens is 1. The second-order valence-corrected chi connectivity index (χ2v) is 7.79. The number of ether oxygens (including phenoxy) is 1. The van der Waals surface area contributed by atoms with Crippen molar-refractivity contribution in [3.05, 3.63) is 94.3 Å². The van der Waals surface area contributed by atoms with Crippen molar-refractivity contribution >= 4 is 34.7 Å². The largest absolute Gasteiger partial charge is 0.507 e. The minimum absolute atomic E-state index is 0.0202. The van der Waals surface area contributed by atoms with Crippen molar-refractivity contribution in [3.63, 3.8) is 0 Å². The van der Waals surface area contributed by atoms with Crippen LogP contribution in [-0.2, 0) is 16.0 Å². The van der Waals surface area contributed by atoms with Gasteiger partial charge in [-0.2, -0.15) is 0 Å². The van der Waals surface area contributed by atoms with Crippen molar-refractivity contribution in [2.75, 3.05) is 11.5 Å². The third-order valence-electron chi connectivity index (χ3n) is 5.51. The molecule has 3 aromatic rings. The smallest absolute Gasteiger partial charge is 0.300 e. The van der Waals surface area contributed by atoms with Gasteiger partial charge < -0.3 is 9.84 Å². The van der Waals surface area contributed by atoms with Crippen LogP contribution in [0.5, 0.6) is 5.75 Å². The summed E-state index contributed by atoms with van der Waals surface area (Å²) in [6.07, 6.45) is 3.92. The van der Waals surface area contributed by atoms with E-state index in [2.05, 4.69) is 4.98 Å². The van der Waals surface area contributed by atoms with Gasteiger partial charge in [0, 0.05) is 35.1 Å². The first-order chi connectivity index (χ1) is 15.0. The molecule has 0 aliphatic carbocycles. The number of pyridine rings is 1. The SMILES string of the molecule is O=C1C(=O)N(c2ccc(Cl)cc2)C(c2cccnc2)/C1=C(/O)c1ccc2c(c1)CCO2. The van der Waals surface area contributed by atoms with E-state index in [9.17, 15) is 14.7 Å². The van der Waals surface area contributed by atoms with Crippen LogP contribution in [0.2, 0.25) is 5.02 Å². The first-order valence-electron chi connectivity index (χ1n) is 9.77. The molecule has 2 aliphatic heterocycles. The lowest BCUT2D eigenvalue weighted by atomic mass is 9.95. The van der Waals surface area contributed by atoms with Crippen LogP contribution in [0, 0.1) is 0 Å². The first-order valence-corrected chi connectivity index (χ1v) is 10.1. The maximum Gasteiger partial charge on any atom is 0.300 e. The summed E-state index contributed by atoms with van der Waals surface area (Å²) in [4.78, 5) is 31.7. The lowest BCUT2D eigenvalue weighted by molar-refractivity contribution is -0.132. The molecule has 1 saturated heterocycles. The maximum atomic E-state index is 13.1. The maximum absolute atomic E-state index is 13.1. The molecule has 154 valence electrons. The Morgan fingerprint density at radius 2 is 1.94 bits per heavy atom. The number of benzene rings is 2. The van der Waals surface area contributed by atoms with E-state index in [0.29, 0.717) is 28.4 Å². The number of hydrogen-bond acceptors (Lipinski definition) is 5. The number of anilines is 1. The second-order valence-electron chi connectivity index (χ2n) is 7.35. The highest BCUT2D eigenvalue weighted by atomic mass is 35.5. The van der Waals surface area contributed by atoms with Gasteiger partial charge in [-0.15, -0.1) is 0 Å². The van der Waals surface area contributed by atoms with Crippen LogP contribution in [0.1, 0.15) is 22.7 Å². The summed E-state index contributed by atoms with van der Waals surface area (Å²) in [6.45, 7) is 0.580. The molecule has 1 unspecified atom stereocenters. The number of aliphatic hydroxyl groups is 1. The van der Waals surface area contributed by atoms with Crippen LogP contribution in [0.25, 0.3) is 5.76 Å². The minimum atomic E-state index is -0.820. The monoisotopic (exact) mass is 432 g/mol. The zero-order valence-corrected chi connectivity index (χ0v) is 17.0. The minimum Gasteiger partial charge on any atom is -0.507 e. The molecule has 6 nitrogen and oxygen atoms in total. The van der Waals surface area contributed by atoms with Gasteiger partial charge in [0.15, 0.2) is 0 Å². The van der Waals surface area contributed by atoms with Crippen molar-refractivity contribution in [2.45, 2.75) is 12.5 Å². The van der Waals surface area contributed by atoms with Gasteiger partial charge in [-0.05, 0) is 59.7 Å². The summed E-state index contributed by atoms with van der Waals surface area (Å²) in [5.41, 5.74) is 2.55. The Morgan fingerprint density at radius 1 is 1.13 bits per heavy atom. The number of Topliss-reactive ketones (excluding diaryl/α,β-unsaturated/α-hetero) is 1.